The van der Waals surface area contributed by atoms with Gasteiger partial charge in [0.25, 0.3) is 5.91 Å². The maximum absolute atomic E-state index is 12.6. The van der Waals surface area contributed by atoms with Gasteiger partial charge in [-0.05, 0) is 48.2 Å². The number of rotatable bonds is 1. The number of hydrogen-bond donors (Lipinski definition) is 1. The van der Waals surface area contributed by atoms with E-state index in [1.807, 2.05) is 48.2 Å². The molecular weight excluding hydrogens is 248 g/mol. The van der Waals surface area contributed by atoms with Crippen molar-refractivity contribution < 1.29 is 4.79 Å². The van der Waals surface area contributed by atoms with Crippen LogP contribution in [0, 0.1) is 6.92 Å². The topological polar surface area (TPSA) is 46.3 Å². The Labute approximate surface area is 119 Å². The normalized spacial score (nSPS) is 13.9. The number of nitrogens with zero attached hydrogens (tertiary/aromatic N) is 1. The molecule has 0 aromatic heterocycles. The lowest BCUT2D eigenvalue weighted by molar-refractivity contribution is 0.0734. The quantitative estimate of drug-likeness (QED) is 0.807. The van der Waals surface area contributed by atoms with Gasteiger partial charge >= 0.3 is 0 Å². The summed E-state index contributed by atoms with van der Waals surface area (Å²) in [5.41, 5.74) is 10.9. The van der Waals surface area contributed by atoms with Crippen LogP contribution in [0.3, 0.4) is 0 Å². The van der Waals surface area contributed by atoms with Crippen molar-refractivity contribution in [3.63, 3.8) is 0 Å². The number of anilines is 1. The fourth-order valence-electron chi connectivity index (χ4n) is 2.73. The molecule has 0 unspecified atom stereocenters. The average molecular weight is 266 g/mol. The summed E-state index contributed by atoms with van der Waals surface area (Å²) in [5.74, 6) is 0.108. The minimum absolute atomic E-state index is 0.108. The van der Waals surface area contributed by atoms with Crippen molar-refractivity contribution in [3.05, 3.63) is 64.7 Å². The second kappa shape index (κ2) is 5.00. The summed E-state index contributed by atoms with van der Waals surface area (Å²) in [4.78, 5) is 14.5. The first-order valence-electron chi connectivity index (χ1n) is 6.87. The van der Waals surface area contributed by atoms with Crippen molar-refractivity contribution in [2.24, 2.45) is 0 Å². The smallest absolute Gasteiger partial charge is 0.254 e. The number of nitrogens with two attached hydrogens (primary N) is 1. The van der Waals surface area contributed by atoms with E-state index >= 15 is 0 Å². The molecule has 0 radical (unpaired) electrons. The molecular formula is C17H18N2O. The van der Waals surface area contributed by atoms with Crippen LogP contribution < -0.4 is 5.73 Å². The van der Waals surface area contributed by atoms with Crippen LogP contribution in [0.1, 0.15) is 27.0 Å². The van der Waals surface area contributed by atoms with Gasteiger partial charge in [0.2, 0.25) is 0 Å². The molecule has 1 aliphatic rings. The third-order valence-electron chi connectivity index (χ3n) is 3.91. The van der Waals surface area contributed by atoms with E-state index in [9.17, 15) is 4.79 Å². The highest BCUT2D eigenvalue weighted by Crippen LogP contribution is 2.23. The van der Waals surface area contributed by atoms with Crippen LogP contribution in [-0.4, -0.2) is 17.4 Å². The molecule has 102 valence electrons. The highest BCUT2D eigenvalue weighted by atomic mass is 16.2. The van der Waals surface area contributed by atoms with Crippen LogP contribution in [0.5, 0.6) is 0 Å². The largest absolute Gasteiger partial charge is 0.399 e. The standard InChI is InChI=1S/C17H18N2O/c1-12-4-2-3-5-16(12)17(20)19-9-8-13-6-7-15(18)10-14(13)11-19/h2-7,10H,8-9,11,18H2,1H3. The van der Waals surface area contributed by atoms with Crippen LogP contribution in [0.25, 0.3) is 0 Å². The molecule has 2 aromatic rings. The molecule has 0 atom stereocenters. The van der Waals surface area contributed by atoms with Crippen LogP contribution >= 0.6 is 0 Å². The molecule has 2 N–H and O–H groups in total. The molecule has 3 heteroatoms. The van der Waals surface area contributed by atoms with Gasteiger partial charge in [-0.3, -0.25) is 4.79 Å². The SMILES string of the molecule is Cc1ccccc1C(=O)N1CCc2ccc(N)cc2C1. The number of hydrogen-bond acceptors (Lipinski definition) is 2. The molecule has 1 heterocycles. The molecule has 3 rings (SSSR count). The van der Waals surface area contributed by atoms with Crippen LogP contribution in [0.15, 0.2) is 42.5 Å². The van der Waals surface area contributed by atoms with E-state index in [1.165, 1.54) is 5.56 Å². The van der Waals surface area contributed by atoms with Crippen LogP contribution in [-0.2, 0) is 13.0 Å². The van der Waals surface area contributed by atoms with Gasteiger partial charge in [-0.2, -0.15) is 0 Å². The molecule has 3 nitrogen and oxygen atoms in total. The molecule has 0 aliphatic carbocycles. The van der Waals surface area contributed by atoms with Gasteiger partial charge in [0.1, 0.15) is 0 Å². The summed E-state index contributed by atoms with van der Waals surface area (Å²) in [7, 11) is 0. The van der Waals surface area contributed by atoms with Gasteiger partial charge in [-0.1, -0.05) is 24.3 Å². The summed E-state index contributed by atoms with van der Waals surface area (Å²) >= 11 is 0. The highest BCUT2D eigenvalue weighted by molar-refractivity contribution is 5.95. The molecule has 0 fully saturated rings. The first-order valence-corrected chi connectivity index (χ1v) is 6.87. The average Bonchev–Trinajstić information content (AvgIpc) is 2.46. The van der Waals surface area contributed by atoms with Gasteiger partial charge in [0.05, 0.1) is 0 Å². The monoisotopic (exact) mass is 266 g/mol. The number of aryl methyl sites for hydroxylation is 1. The van der Waals surface area contributed by atoms with Gasteiger partial charge in [-0.25, -0.2) is 0 Å². The Kier molecular flexibility index (Phi) is 3.18. The predicted molar refractivity (Wildman–Crippen MR) is 80.5 cm³/mol. The summed E-state index contributed by atoms with van der Waals surface area (Å²) in [6, 6.07) is 13.7. The zero-order valence-electron chi connectivity index (χ0n) is 11.6. The second-order valence-electron chi connectivity index (χ2n) is 5.32. The third kappa shape index (κ3) is 2.27. The number of nitrogen functional groups attached to an aromatic ring is 1. The van der Waals surface area contributed by atoms with E-state index in [1.54, 1.807) is 0 Å². The van der Waals surface area contributed by atoms with Crippen molar-refractivity contribution in [2.75, 3.05) is 12.3 Å². The Balaban J connectivity index is 1.87. The molecule has 0 saturated carbocycles. The first-order chi connectivity index (χ1) is 9.65. The van der Waals surface area contributed by atoms with Gasteiger partial charge in [0.15, 0.2) is 0 Å². The lowest BCUT2D eigenvalue weighted by atomic mass is 9.98. The third-order valence-corrected chi connectivity index (χ3v) is 3.91. The molecule has 0 spiro atoms. The summed E-state index contributed by atoms with van der Waals surface area (Å²) in [6.45, 7) is 3.39. The summed E-state index contributed by atoms with van der Waals surface area (Å²) < 4.78 is 0. The predicted octanol–water partition coefficient (Wildman–Crippen LogP) is 2.78. The minimum Gasteiger partial charge on any atom is -0.399 e. The van der Waals surface area contributed by atoms with Crippen molar-refractivity contribution in [1.29, 1.82) is 0 Å². The van der Waals surface area contributed by atoms with Crippen molar-refractivity contribution in [3.8, 4) is 0 Å². The Morgan fingerprint density at radius 2 is 1.95 bits per heavy atom. The molecule has 1 amide bonds. The van der Waals surface area contributed by atoms with Gasteiger partial charge < -0.3 is 10.6 Å². The fourth-order valence-corrected chi connectivity index (χ4v) is 2.73. The van der Waals surface area contributed by atoms with Crippen molar-refractivity contribution >= 4 is 11.6 Å². The van der Waals surface area contributed by atoms with E-state index in [-0.39, 0.29) is 5.91 Å². The Bertz CT molecular complexity index is 664. The number of carbonyl (C=O) groups is 1. The van der Waals surface area contributed by atoms with Crippen LogP contribution in [0.2, 0.25) is 0 Å². The molecule has 20 heavy (non-hydrogen) atoms. The lowest BCUT2D eigenvalue weighted by Gasteiger charge is -2.29. The Morgan fingerprint density at radius 1 is 1.15 bits per heavy atom. The second-order valence-corrected chi connectivity index (χ2v) is 5.32. The first kappa shape index (κ1) is 12.7. The van der Waals surface area contributed by atoms with Crippen molar-refractivity contribution in [1.82, 2.24) is 4.90 Å². The van der Waals surface area contributed by atoms with E-state index in [0.29, 0.717) is 6.54 Å². The molecule has 0 bridgehead atoms. The van der Waals surface area contributed by atoms with E-state index in [2.05, 4.69) is 6.07 Å². The summed E-state index contributed by atoms with van der Waals surface area (Å²) in [6.07, 6.45) is 0.896. The lowest BCUT2D eigenvalue weighted by Crippen LogP contribution is -2.36. The number of benzene rings is 2. The number of carbonyl (C=O) groups excluding carboxylic acids is 1. The maximum atomic E-state index is 12.6. The fraction of sp³-hybridized carbons (Fsp3) is 0.235. The maximum Gasteiger partial charge on any atom is 0.254 e. The Hall–Kier alpha value is -2.29. The molecule has 0 saturated heterocycles. The molecule has 1 aliphatic heterocycles. The van der Waals surface area contributed by atoms with Crippen LogP contribution in [0.4, 0.5) is 5.69 Å². The highest BCUT2D eigenvalue weighted by Gasteiger charge is 2.22. The van der Waals surface area contributed by atoms with E-state index < -0.39 is 0 Å². The van der Waals surface area contributed by atoms with E-state index in [0.717, 1.165) is 35.3 Å². The number of fused-ring (bicyclic) bond motifs is 1. The molecule has 2 aromatic carbocycles. The zero-order chi connectivity index (χ0) is 14.1. The number of amides is 1. The van der Waals surface area contributed by atoms with Gasteiger partial charge in [-0.15, -0.1) is 0 Å². The van der Waals surface area contributed by atoms with Gasteiger partial charge in [0, 0.05) is 24.3 Å². The minimum atomic E-state index is 0.108. The zero-order valence-corrected chi connectivity index (χ0v) is 11.6. The van der Waals surface area contributed by atoms with E-state index in [4.69, 9.17) is 5.73 Å². The van der Waals surface area contributed by atoms with Crippen molar-refractivity contribution in [2.45, 2.75) is 19.9 Å². The summed E-state index contributed by atoms with van der Waals surface area (Å²) in [5, 5.41) is 0. The Morgan fingerprint density at radius 3 is 2.75 bits per heavy atom.